The summed E-state index contributed by atoms with van der Waals surface area (Å²) in [7, 11) is 0. The number of carbonyl (C=O) groups excluding carboxylic acids is 2. The predicted octanol–water partition coefficient (Wildman–Crippen LogP) is 2.87. The van der Waals surface area contributed by atoms with E-state index in [-0.39, 0.29) is 13.1 Å². The number of amides is 1. The van der Waals surface area contributed by atoms with Crippen LogP contribution in [0.5, 0.6) is 0 Å². The van der Waals surface area contributed by atoms with E-state index < -0.39 is 59.5 Å². The Hall–Kier alpha value is -1.87. The summed E-state index contributed by atoms with van der Waals surface area (Å²) in [6, 6.07) is 3.61. The molecule has 1 aromatic rings. The molecule has 5 atom stereocenters. The largest absolute Gasteiger partial charge is 0.461 e. The lowest BCUT2D eigenvalue weighted by Crippen LogP contribution is -2.71. The highest BCUT2D eigenvalue weighted by molar-refractivity contribution is 9.10. The number of fused-ring (bicyclic) bond motifs is 1. The molecule has 2 saturated heterocycles. The van der Waals surface area contributed by atoms with E-state index in [1.165, 1.54) is 6.92 Å². The summed E-state index contributed by atoms with van der Waals surface area (Å²) < 4.78 is 36.7. The summed E-state index contributed by atoms with van der Waals surface area (Å²) in [6.45, 7) is 3.67. The highest BCUT2D eigenvalue weighted by Crippen LogP contribution is 2.58. The molecule has 3 aliphatic rings. The van der Waals surface area contributed by atoms with Crippen LogP contribution in [-0.4, -0.2) is 52.4 Å². The molecule has 30 heavy (non-hydrogen) atoms. The number of allylic oxidation sites excluding steroid dienone is 1. The van der Waals surface area contributed by atoms with Crippen LogP contribution in [-0.2, 0) is 14.3 Å². The van der Waals surface area contributed by atoms with Gasteiger partial charge < -0.3 is 10.5 Å². The summed E-state index contributed by atoms with van der Waals surface area (Å²) in [5.74, 6) is -6.65. The number of nitrogens with zero attached hydrogens (tertiary/aromatic N) is 2. The number of likely N-dealkylation sites (tertiary alicyclic amines) is 1. The topological polar surface area (TPSA) is 85.5 Å². The molecule has 1 aliphatic carbocycles. The normalized spacial score (nSPS) is 36.4. The molecule has 162 valence electrons. The Morgan fingerprint density at radius 3 is 2.67 bits per heavy atom. The lowest BCUT2D eigenvalue weighted by atomic mass is 9.59. The minimum Gasteiger partial charge on any atom is -0.461 e. The number of ether oxygens (including phenoxy) is 1. The second kappa shape index (κ2) is 7.37. The third-order valence-electron chi connectivity index (χ3n) is 6.95. The number of hydrogen-bond donors (Lipinski definition) is 1. The van der Waals surface area contributed by atoms with E-state index in [1.54, 1.807) is 36.2 Å². The molecule has 0 unspecified atom stereocenters. The maximum Gasteiger partial charge on any atom is 0.327 e. The van der Waals surface area contributed by atoms with Gasteiger partial charge in [0, 0.05) is 42.0 Å². The van der Waals surface area contributed by atoms with Crippen molar-refractivity contribution in [2.75, 3.05) is 13.1 Å². The molecule has 0 radical (unpaired) electrons. The highest BCUT2D eigenvalue weighted by atomic mass is 79.9. The summed E-state index contributed by atoms with van der Waals surface area (Å²) >= 11 is 3.32. The number of hydrogen-bond acceptors (Lipinski definition) is 5. The lowest BCUT2D eigenvalue weighted by molar-refractivity contribution is -0.191. The van der Waals surface area contributed by atoms with E-state index in [0.29, 0.717) is 5.69 Å². The van der Waals surface area contributed by atoms with Crippen molar-refractivity contribution in [3.8, 4) is 0 Å². The number of nitrogens with two attached hydrogens (primary N) is 1. The molecule has 2 aliphatic heterocycles. The maximum absolute atomic E-state index is 15.2. The first kappa shape index (κ1) is 21.4. The average Bonchev–Trinajstić information content (AvgIpc) is 2.85. The fraction of sp³-hybridized carbons (Fsp3) is 0.571. The molecular weight excluding hydrogens is 460 g/mol. The van der Waals surface area contributed by atoms with Gasteiger partial charge in [-0.1, -0.05) is 13.0 Å². The first-order chi connectivity index (χ1) is 14.1. The zero-order chi connectivity index (χ0) is 21.8. The third kappa shape index (κ3) is 3.26. The summed E-state index contributed by atoms with van der Waals surface area (Å²) in [5.41, 5.74) is 4.54. The van der Waals surface area contributed by atoms with Crippen molar-refractivity contribution in [2.45, 2.75) is 37.8 Å². The Labute approximate surface area is 182 Å². The molecule has 1 aromatic heterocycles. The van der Waals surface area contributed by atoms with Crippen LogP contribution in [0.15, 0.2) is 28.9 Å². The first-order valence-corrected chi connectivity index (χ1v) is 10.8. The van der Waals surface area contributed by atoms with Crippen molar-refractivity contribution in [2.24, 2.45) is 29.4 Å². The van der Waals surface area contributed by atoms with Crippen LogP contribution in [0.3, 0.4) is 0 Å². The van der Waals surface area contributed by atoms with Gasteiger partial charge in [-0.05, 0) is 47.0 Å². The number of aromatic nitrogens is 1. The van der Waals surface area contributed by atoms with Gasteiger partial charge in [0.2, 0.25) is 5.91 Å². The number of esters is 1. The smallest absolute Gasteiger partial charge is 0.327 e. The number of carbonyl (C=O) groups is 2. The van der Waals surface area contributed by atoms with Gasteiger partial charge in [-0.3, -0.25) is 19.5 Å². The first-order valence-electron chi connectivity index (χ1n) is 9.99. The van der Waals surface area contributed by atoms with Gasteiger partial charge in [0.15, 0.2) is 0 Å². The summed E-state index contributed by atoms with van der Waals surface area (Å²) in [5, 5.41) is 0. The van der Waals surface area contributed by atoms with Crippen molar-refractivity contribution in [1.82, 2.24) is 9.88 Å². The van der Waals surface area contributed by atoms with Crippen molar-refractivity contribution in [1.29, 1.82) is 0 Å². The van der Waals surface area contributed by atoms with E-state index in [4.69, 9.17) is 10.5 Å². The molecule has 9 heteroatoms. The van der Waals surface area contributed by atoms with E-state index in [9.17, 15) is 9.59 Å². The van der Waals surface area contributed by atoms with Gasteiger partial charge in [0.05, 0.1) is 11.6 Å². The number of pyridine rings is 1. The number of alkyl halides is 2. The second-order valence-corrected chi connectivity index (χ2v) is 9.54. The molecule has 3 fully saturated rings. The van der Waals surface area contributed by atoms with Crippen LogP contribution < -0.4 is 5.73 Å². The zero-order valence-electron chi connectivity index (χ0n) is 16.7. The van der Waals surface area contributed by atoms with Gasteiger partial charge in [-0.15, -0.1) is 0 Å². The Morgan fingerprint density at radius 1 is 1.37 bits per heavy atom. The van der Waals surface area contributed by atoms with Crippen molar-refractivity contribution in [3.63, 3.8) is 0 Å². The predicted molar refractivity (Wildman–Crippen MR) is 109 cm³/mol. The number of primary amides is 1. The molecule has 4 rings (SSSR count). The summed E-state index contributed by atoms with van der Waals surface area (Å²) in [6.07, 6.45) is 3.96. The fourth-order valence-electron chi connectivity index (χ4n) is 5.22. The molecule has 6 nitrogen and oxygen atoms in total. The van der Waals surface area contributed by atoms with E-state index in [0.717, 1.165) is 4.47 Å². The fourth-order valence-corrected chi connectivity index (χ4v) is 5.46. The zero-order valence-corrected chi connectivity index (χ0v) is 18.3. The number of cyclic esters (lactones) is 1. The van der Waals surface area contributed by atoms with Crippen LogP contribution in [0.2, 0.25) is 0 Å². The second-order valence-electron chi connectivity index (χ2n) is 8.63. The van der Waals surface area contributed by atoms with Crippen molar-refractivity contribution in [3.05, 3.63) is 34.6 Å². The molecule has 2 N–H and O–H groups in total. The number of rotatable bonds is 4. The molecule has 0 spiro atoms. The molecule has 1 amide bonds. The molecular formula is C21H24BrF2N3O3. The molecule has 3 heterocycles. The molecule has 0 aromatic carbocycles. The Balaban J connectivity index is 1.71. The Kier molecular flexibility index (Phi) is 5.25. The van der Waals surface area contributed by atoms with Crippen LogP contribution >= 0.6 is 15.9 Å². The third-order valence-corrected chi connectivity index (χ3v) is 7.42. The van der Waals surface area contributed by atoms with E-state index in [1.807, 2.05) is 6.07 Å². The van der Waals surface area contributed by atoms with Crippen LogP contribution in [0.1, 0.15) is 26.0 Å². The Bertz CT molecular complexity index is 888. The molecule has 0 bridgehead atoms. The monoisotopic (exact) mass is 483 g/mol. The summed E-state index contributed by atoms with van der Waals surface area (Å²) in [4.78, 5) is 30.4. The van der Waals surface area contributed by atoms with E-state index in [2.05, 4.69) is 20.9 Å². The van der Waals surface area contributed by atoms with Crippen molar-refractivity contribution < 1.29 is 23.1 Å². The number of halogens is 3. The minimum absolute atomic E-state index is 0.197. The SMILES string of the molecule is C[C@H]1OC(=O)[C@]2(N3CC(C(N)=O)C3)CC(F)(F)[C@@H](C)[C@H](/C=C/c3ccc(Br)cn3)[C@H]12. The van der Waals surface area contributed by atoms with Crippen LogP contribution in [0.4, 0.5) is 8.78 Å². The van der Waals surface area contributed by atoms with Gasteiger partial charge in [0.25, 0.3) is 5.92 Å². The maximum atomic E-state index is 15.2. The highest BCUT2D eigenvalue weighted by Gasteiger charge is 2.71. The van der Waals surface area contributed by atoms with Gasteiger partial charge >= 0.3 is 5.97 Å². The van der Waals surface area contributed by atoms with Crippen LogP contribution in [0.25, 0.3) is 6.08 Å². The standard InChI is InChI=1S/C21H24BrF2N3O3/c1-11-16(6-5-15-4-3-14(22)7-26-15)17-12(2)30-19(29)20(17,10-21(11,23)24)27-8-13(9-27)18(25)28/h3-7,11-13,16-17H,8-10H2,1-2H3,(H2,25,28)/b6-5+/t11-,12+,16-,17-,20-/m0/s1. The lowest BCUT2D eigenvalue weighted by Gasteiger charge is -2.56. The van der Waals surface area contributed by atoms with Crippen LogP contribution in [0, 0.1) is 23.7 Å². The minimum atomic E-state index is -3.07. The Morgan fingerprint density at radius 2 is 2.07 bits per heavy atom. The average molecular weight is 484 g/mol. The van der Waals surface area contributed by atoms with Gasteiger partial charge in [-0.2, -0.15) is 0 Å². The molecule has 1 saturated carbocycles. The van der Waals surface area contributed by atoms with Crippen molar-refractivity contribution >= 4 is 33.9 Å². The van der Waals surface area contributed by atoms with Gasteiger partial charge in [0.1, 0.15) is 11.6 Å². The quantitative estimate of drug-likeness (QED) is 0.665. The van der Waals surface area contributed by atoms with E-state index >= 15 is 8.78 Å². The van der Waals surface area contributed by atoms with Gasteiger partial charge in [-0.25, -0.2) is 8.78 Å².